The maximum absolute atomic E-state index is 13.0. The van der Waals surface area contributed by atoms with Gasteiger partial charge in [-0.15, -0.1) is 0 Å². The summed E-state index contributed by atoms with van der Waals surface area (Å²) in [6.07, 6.45) is 0.0106. The average molecular weight is 382 g/mol. The van der Waals surface area contributed by atoms with Gasteiger partial charge >= 0.3 is 11.9 Å². The molecule has 2 bridgehead atoms. The smallest absolute Gasteiger partial charge is 0.351 e. The Labute approximate surface area is 155 Å². The van der Waals surface area contributed by atoms with Crippen molar-refractivity contribution in [3.63, 3.8) is 0 Å². The molecule has 1 aliphatic heterocycles. The molecule has 8 heteroatoms. The second-order valence-electron chi connectivity index (χ2n) is 7.68. The highest BCUT2D eigenvalue weighted by Gasteiger charge is 2.76. The van der Waals surface area contributed by atoms with Gasteiger partial charge in [-0.3, -0.25) is 14.9 Å². The summed E-state index contributed by atoms with van der Waals surface area (Å²) in [6.45, 7) is 6.98. The van der Waals surface area contributed by atoms with Crippen molar-refractivity contribution in [1.29, 1.82) is 0 Å². The minimum atomic E-state index is -1.37. The number of hydrogen-bond acceptors (Lipinski definition) is 6. The van der Waals surface area contributed by atoms with Crippen LogP contribution in [0.2, 0.25) is 5.02 Å². The van der Waals surface area contributed by atoms with E-state index in [0.29, 0.717) is 12.8 Å². The van der Waals surface area contributed by atoms with Gasteiger partial charge in [0.2, 0.25) is 5.60 Å². The molecule has 1 aromatic rings. The number of benzene rings is 1. The first-order valence-corrected chi connectivity index (χ1v) is 8.72. The first kappa shape index (κ1) is 18.6. The van der Waals surface area contributed by atoms with Gasteiger partial charge in [0.05, 0.1) is 15.9 Å². The lowest BCUT2D eigenvalue weighted by Crippen LogP contribution is -2.49. The van der Waals surface area contributed by atoms with Crippen LogP contribution in [-0.4, -0.2) is 22.5 Å². The minimum absolute atomic E-state index is 0.218. The Morgan fingerprint density at radius 1 is 1.35 bits per heavy atom. The predicted octanol–water partition coefficient (Wildman–Crippen LogP) is 3.97. The first-order chi connectivity index (χ1) is 12.0. The molecule has 1 unspecified atom stereocenters. The van der Waals surface area contributed by atoms with Gasteiger partial charge in [-0.1, -0.05) is 25.4 Å². The zero-order valence-corrected chi connectivity index (χ0v) is 15.8. The number of fused-ring (bicyclic) bond motifs is 2. The number of nitro groups is 1. The molecule has 0 aromatic heterocycles. The first-order valence-electron chi connectivity index (χ1n) is 8.35. The van der Waals surface area contributed by atoms with Crippen LogP contribution in [0.25, 0.3) is 0 Å². The third-order valence-electron chi connectivity index (χ3n) is 6.32. The molecule has 7 nitrogen and oxygen atoms in total. The lowest BCUT2D eigenvalue weighted by molar-refractivity contribution is -0.386. The molecule has 2 aliphatic rings. The van der Waals surface area contributed by atoms with Gasteiger partial charge < -0.3 is 9.47 Å². The fourth-order valence-corrected chi connectivity index (χ4v) is 4.21. The molecule has 1 aliphatic carbocycles. The molecule has 0 amide bonds. The number of carbonyl (C=O) groups is 2. The summed E-state index contributed by atoms with van der Waals surface area (Å²) in [5.41, 5.74) is -2.85. The molecule has 26 heavy (non-hydrogen) atoms. The largest absolute Gasteiger partial charge is 0.455 e. The Morgan fingerprint density at radius 3 is 2.50 bits per heavy atom. The van der Waals surface area contributed by atoms with Gasteiger partial charge in [-0.05, 0) is 38.8 Å². The summed E-state index contributed by atoms with van der Waals surface area (Å²) in [4.78, 5) is 35.9. The SMILES string of the molecule is C[C@H](OC(=O)[C@@]12CCC(C)(C(=O)O1)C2(C)C)c1ccc(Cl)cc1[N+](=O)[O-]. The second-order valence-corrected chi connectivity index (χ2v) is 8.12. The van der Waals surface area contributed by atoms with E-state index in [1.165, 1.54) is 18.2 Å². The number of hydrogen-bond donors (Lipinski definition) is 0. The summed E-state index contributed by atoms with van der Waals surface area (Å²) < 4.78 is 11.0. The highest BCUT2D eigenvalue weighted by atomic mass is 35.5. The number of carbonyl (C=O) groups excluding carboxylic acids is 2. The van der Waals surface area contributed by atoms with E-state index in [0.717, 1.165) is 0 Å². The number of ether oxygens (including phenoxy) is 2. The number of nitrogens with zero attached hydrogens (tertiary/aromatic N) is 1. The quantitative estimate of drug-likeness (QED) is 0.444. The Kier molecular flexibility index (Phi) is 4.07. The molecular formula is C18H20ClNO6. The van der Waals surface area contributed by atoms with Gasteiger partial charge in [-0.2, -0.15) is 0 Å². The Bertz CT molecular complexity index is 822. The molecule has 140 valence electrons. The van der Waals surface area contributed by atoms with Gasteiger partial charge in [0, 0.05) is 16.5 Å². The summed E-state index contributed by atoms with van der Waals surface area (Å²) in [6, 6.07) is 4.17. The highest BCUT2D eigenvalue weighted by Crippen LogP contribution is 2.66. The van der Waals surface area contributed by atoms with E-state index in [1.54, 1.807) is 13.8 Å². The maximum atomic E-state index is 13.0. The lowest BCUT2D eigenvalue weighted by atomic mass is 9.66. The molecule has 0 radical (unpaired) electrons. The van der Waals surface area contributed by atoms with Crippen LogP contribution in [0.15, 0.2) is 18.2 Å². The molecule has 1 saturated heterocycles. The van der Waals surface area contributed by atoms with Crippen LogP contribution in [-0.2, 0) is 19.1 Å². The zero-order valence-electron chi connectivity index (χ0n) is 15.0. The Hall–Kier alpha value is -2.15. The molecule has 1 heterocycles. The molecule has 0 spiro atoms. The number of nitro benzene ring substituents is 1. The van der Waals surface area contributed by atoms with E-state index in [1.807, 2.05) is 13.8 Å². The number of rotatable bonds is 4. The van der Waals surface area contributed by atoms with Gasteiger partial charge in [0.1, 0.15) is 6.10 Å². The van der Waals surface area contributed by atoms with Crippen LogP contribution in [0.4, 0.5) is 5.69 Å². The van der Waals surface area contributed by atoms with Gasteiger partial charge in [0.25, 0.3) is 5.69 Å². The van der Waals surface area contributed by atoms with Crippen molar-refractivity contribution in [1.82, 2.24) is 0 Å². The van der Waals surface area contributed by atoms with Gasteiger partial charge in [0.15, 0.2) is 0 Å². The van der Waals surface area contributed by atoms with E-state index in [4.69, 9.17) is 21.1 Å². The van der Waals surface area contributed by atoms with Crippen LogP contribution in [0.5, 0.6) is 0 Å². The normalized spacial score (nSPS) is 30.0. The molecule has 2 fully saturated rings. The maximum Gasteiger partial charge on any atom is 0.351 e. The summed E-state index contributed by atoms with van der Waals surface area (Å²) in [5.74, 6) is -1.08. The van der Waals surface area contributed by atoms with E-state index >= 15 is 0 Å². The van der Waals surface area contributed by atoms with Crippen LogP contribution in [0.1, 0.15) is 52.2 Å². The van der Waals surface area contributed by atoms with Crippen LogP contribution < -0.4 is 0 Å². The molecule has 0 N–H and O–H groups in total. The molecular weight excluding hydrogens is 362 g/mol. The van der Waals surface area contributed by atoms with Crippen molar-refractivity contribution in [2.75, 3.05) is 0 Å². The van der Waals surface area contributed by atoms with Crippen molar-refractivity contribution >= 4 is 29.2 Å². The molecule has 3 atom stereocenters. The Balaban J connectivity index is 1.90. The third kappa shape index (κ3) is 2.26. The monoisotopic (exact) mass is 381 g/mol. The van der Waals surface area contributed by atoms with E-state index in [9.17, 15) is 19.7 Å². The molecule has 1 aromatic carbocycles. The lowest BCUT2D eigenvalue weighted by Gasteiger charge is -2.35. The van der Waals surface area contributed by atoms with Crippen LogP contribution >= 0.6 is 11.6 Å². The summed E-state index contributed by atoms with van der Waals surface area (Å²) in [7, 11) is 0. The van der Waals surface area contributed by atoms with Crippen LogP contribution in [0, 0.1) is 20.9 Å². The fraction of sp³-hybridized carbons (Fsp3) is 0.556. The average Bonchev–Trinajstić information content (AvgIpc) is 2.84. The molecule has 1 saturated carbocycles. The zero-order chi connectivity index (χ0) is 19.5. The third-order valence-corrected chi connectivity index (χ3v) is 6.56. The van der Waals surface area contributed by atoms with Crippen molar-refractivity contribution in [2.45, 2.75) is 52.2 Å². The standard InChI is InChI=1S/C18H20ClNO6/c1-10(12-6-5-11(19)9-13(12)20(23)24)25-15(22)18-8-7-17(4,14(21)26-18)16(18,2)3/h5-6,9-10H,7-8H2,1-4H3/t10-,17?,18+/m0/s1. The van der Waals surface area contributed by atoms with Crippen molar-refractivity contribution in [3.05, 3.63) is 38.9 Å². The van der Waals surface area contributed by atoms with E-state index in [-0.39, 0.29) is 16.3 Å². The highest BCUT2D eigenvalue weighted by molar-refractivity contribution is 6.30. The van der Waals surface area contributed by atoms with Crippen LogP contribution in [0.3, 0.4) is 0 Å². The second kappa shape index (κ2) is 5.67. The fourth-order valence-electron chi connectivity index (χ4n) is 4.04. The van der Waals surface area contributed by atoms with Gasteiger partial charge in [-0.25, -0.2) is 4.79 Å². The number of esters is 2. The Morgan fingerprint density at radius 2 is 2.00 bits per heavy atom. The molecule has 3 rings (SSSR count). The topological polar surface area (TPSA) is 95.7 Å². The summed E-state index contributed by atoms with van der Waals surface area (Å²) in [5, 5.41) is 11.5. The van der Waals surface area contributed by atoms with E-state index in [2.05, 4.69) is 0 Å². The van der Waals surface area contributed by atoms with Crippen molar-refractivity contribution < 1.29 is 24.0 Å². The minimum Gasteiger partial charge on any atom is -0.455 e. The predicted molar refractivity (Wildman–Crippen MR) is 92.6 cm³/mol. The van der Waals surface area contributed by atoms with Crippen molar-refractivity contribution in [2.24, 2.45) is 10.8 Å². The summed E-state index contributed by atoms with van der Waals surface area (Å²) >= 11 is 5.82. The number of halogens is 1. The van der Waals surface area contributed by atoms with Crippen molar-refractivity contribution in [3.8, 4) is 0 Å². The van der Waals surface area contributed by atoms with E-state index < -0.39 is 39.4 Å².